The third-order valence-electron chi connectivity index (χ3n) is 3.98. The second kappa shape index (κ2) is 6.25. The Balaban J connectivity index is 1.46. The van der Waals surface area contributed by atoms with Crippen LogP contribution in [0.1, 0.15) is 17.4 Å². The molecule has 0 radical (unpaired) electrons. The molecular formula is C16H16BrN5O. The minimum absolute atomic E-state index is 0.631. The van der Waals surface area contributed by atoms with Crippen molar-refractivity contribution in [3.63, 3.8) is 0 Å². The molecule has 1 aliphatic rings. The first-order chi connectivity index (χ1) is 11.3. The maximum absolute atomic E-state index is 5.38. The molecule has 23 heavy (non-hydrogen) atoms. The minimum Gasteiger partial charge on any atom is -0.339 e. The number of benzene rings is 1. The second-order valence-electron chi connectivity index (χ2n) is 5.51. The zero-order chi connectivity index (χ0) is 15.6. The number of hydrogen-bond acceptors (Lipinski definition) is 5. The fourth-order valence-electron chi connectivity index (χ4n) is 2.77. The lowest BCUT2D eigenvalue weighted by atomic mass is 10.2. The standard InChI is InChI=1S/C16H16BrN5O/c17-12-3-1-11(2-4-12)16-20-15(23-21-16)6-5-13-9-19-14-10-18-7-8-22(13)14/h1-4,9,18H,5-8,10H2. The molecule has 1 aromatic carbocycles. The van der Waals surface area contributed by atoms with E-state index in [0.717, 1.165) is 48.3 Å². The highest BCUT2D eigenvalue weighted by molar-refractivity contribution is 9.10. The van der Waals surface area contributed by atoms with Gasteiger partial charge in [-0.3, -0.25) is 0 Å². The molecule has 3 heterocycles. The van der Waals surface area contributed by atoms with E-state index >= 15 is 0 Å². The lowest BCUT2D eigenvalue weighted by Gasteiger charge is -2.17. The number of halogens is 1. The molecule has 2 aromatic heterocycles. The Morgan fingerprint density at radius 1 is 1.22 bits per heavy atom. The molecule has 4 rings (SSSR count). The summed E-state index contributed by atoms with van der Waals surface area (Å²) in [6.45, 7) is 2.80. The number of imidazole rings is 1. The molecule has 118 valence electrons. The number of nitrogens with zero attached hydrogens (tertiary/aromatic N) is 4. The Hall–Kier alpha value is -1.99. The quantitative estimate of drug-likeness (QED) is 0.760. The molecule has 0 aliphatic carbocycles. The number of nitrogens with one attached hydrogen (secondary N) is 1. The van der Waals surface area contributed by atoms with Gasteiger partial charge in [-0.1, -0.05) is 21.1 Å². The molecule has 3 aromatic rings. The van der Waals surface area contributed by atoms with E-state index in [-0.39, 0.29) is 0 Å². The monoisotopic (exact) mass is 373 g/mol. The minimum atomic E-state index is 0.631. The van der Waals surface area contributed by atoms with Crippen LogP contribution in [-0.4, -0.2) is 26.2 Å². The SMILES string of the molecule is Brc1ccc(-c2noc(CCc3cnc4n3CCNC4)n2)cc1. The van der Waals surface area contributed by atoms with Crippen LogP contribution >= 0.6 is 15.9 Å². The predicted molar refractivity (Wildman–Crippen MR) is 88.8 cm³/mol. The lowest BCUT2D eigenvalue weighted by molar-refractivity contribution is 0.377. The van der Waals surface area contributed by atoms with E-state index in [1.54, 1.807) is 0 Å². The lowest BCUT2D eigenvalue weighted by Crippen LogP contribution is -2.29. The van der Waals surface area contributed by atoms with Crippen LogP contribution in [0.3, 0.4) is 0 Å². The molecule has 0 saturated heterocycles. The van der Waals surface area contributed by atoms with Crippen LogP contribution in [0.25, 0.3) is 11.4 Å². The molecule has 0 amide bonds. The average Bonchev–Trinajstić information content (AvgIpc) is 3.20. The van der Waals surface area contributed by atoms with Crippen molar-refractivity contribution in [2.45, 2.75) is 25.9 Å². The van der Waals surface area contributed by atoms with Crippen LogP contribution in [0.4, 0.5) is 0 Å². The summed E-state index contributed by atoms with van der Waals surface area (Å²) in [4.78, 5) is 8.95. The predicted octanol–water partition coefficient (Wildman–Crippen LogP) is 2.58. The molecule has 1 aliphatic heterocycles. The third kappa shape index (κ3) is 3.07. The van der Waals surface area contributed by atoms with Gasteiger partial charge in [-0.05, 0) is 30.7 Å². The van der Waals surface area contributed by atoms with Crippen molar-refractivity contribution in [2.24, 2.45) is 0 Å². The molecule has 0 spiro atoms. The van der Waals surface area contributed by atoms with Crippen molar-refractivity contribution < 1.29 is 4.52 Å². The highest BCUT2D eigenvalue weighted by Gasteiger charge is 2.15. The van der Waals surface area contributed by atoms with Gasteiger partial charge in [0, 0.05) is 41.4 Å². The number of hydrogen-bond donors (Lipinski definition) is 1. The van der Waals surface area contributed by atoms with Gasteiger partial charge in [0.15, 0.2) is 0 Å². The summed E-state index contributed by atoms with van der Waals surface area (Å²) in [7, 11) is 0. The Labute approximate surface area is 142 Å². The summed E-state index contributed by atoms with van der Waals surface area (Å²) < 4.78 is 8.69. The molecule has 0 fully saturated rings. The van der Waals surface area contributed by atoms with Crippen LogP contribution in [0.2, 0.25) is 0 Å². The van der Waals surface area contributed by atoms with Crippen LogP contribution in [-0.2, 0) is 25.9 Å². The second-order valence-corrected chi connectivity index (χ2v) is 6.43. The topological polar surface area (TPSA) is 68.8 Å². The molecule has 0 bridgehead atoms. The smallest absolute Gasteiger partial charge is 0.227 e. The number of fused-ring (bicyclic) bond motifs is 1. The summed E-state index contributed by atoms with van der Waals surface area (Å²) >= 11 is 3.42. The zero-order valence-electron chi connectivity index (χ0n) is 12.5. The van der Waals surface area contributed by atoms with Gasteiger partial charge in [-0.15, -0.1) is 0 Å². The highest BCUT2D eigenvalue weighted by atomic mass is 79.9. The van der Waals surface area contributed by atoms with Crippen molar-refractivity contribution in [2.75, 3.05) is 6.54 Å². The summed E-state index contributed by atoms with van der Waals surface area (Å²) in [5.41, 5.74) is 2.18. The third-order valence-corrected chi connectivity index (χ3v) is 4.51. The van der Waals surface area contributed by atoms with Gasteiger partial charge in [0.05, 0.1) is 6.54 Å². The number of aryl methyl sites for hydroxylation is 2. The van der Waals surface area contributed by atoms with Crippen molar-refractivity contribution in [1.82, 2.24) is 25.0 Å². The normalized spacial score (nSPS) is 14.0. The van der Waals surface area contributed by atoms with Crippen LogP contribution in [0.5, 0.6) is 0 Å². The van der Waals surface area contributed by atoms with Gasteiger partial charge in [-0.25, -0.2) is 4.98 Å². The highest BCUT2D eigenvalue weighted by Crippen LogP contribution is 2.19. The number of aromatic nitrogens is 4. The maximum atomic E-state index is 5.38. The number of rotatable bonds is 4. The summed E-state index contributed by atoms with van der Waals surface area (Å²) in [5.74, 6) is 2.40. The van der Waals surface area contributed by atoms with Gasteiger partial charge < -0.3 is 14.4 Å². The van der Waals surface area contributed by atoms with Crippen molar-refractivity contribution in [3.05, 3.63) is 52.3 Å². The first-order valence-corrected chi connectivity index (χ1v) is 8.41. The van der Waals surface area contributed by atoms with Gasteiger partial charge in [0.25, 0.3) is 0 Å². The largest absolute Gasteiger partial charge is 0.339 e. The first kappa shape index (κ1) is 14.6. The molecule has 7 heteroatoms. The molecule has 1 N–H and O–H groups in total. The van der Waals surface area contributed by atoms with Crippen LogP contribution in [0, 0.1) is 0 Å². The molecule has 0 atom stereocenters. The van der Waals surface area contributed by atoms with Crippen LogP contribution in [0.15, 0.2) is 39.5 Å². The van der Waals surface area contributed by atoms with E-state index in [0.29, 0.717) is 11.7 Å². The van der Waals surface area contributed by atoms with E-state index in [1.807, 2.05) is 30.5 Å². The van der Waals surface area contributed by atoms with Crippen molar-refractivity contribution in [3.8, 4) is 11.4 Å². The van der Waals surface area contributed by atoms with Crippen molar-refractivity contribution in [1.29, 1.82) is 0 Å². The first-order valence-electron chi connectivity index (χ1n) is 7.62. The summed E-state index contributed by atoms with van der Waals surface area (Å²) in [6, 6.07) is 7.88. The van der Waals surface area contributed by atoms with E-state index in [9.17, 15) is 0 Å². The van der Waals surface area contributed by atoms with Gasteiger partial charge in [-0.2, -0.15) is 4.98 Å². The fourth-order valence-corrected chi connectivity index (χ4v) is 3.03. The maximum Gasteiger partial charge on any atom is 0.227 e. The molecule has 0 unspecified atom stereocenters. The van der Waals surface area contributed by atoms with E-state index < -0.39 is 0 Å². The average molecular weight is 374 g/mol. The molecule has 6 nitrogen and oxygen atoms in total. The van der Waals surface area contributed by atoms with Crippen molar-refractivity contribution >= 4 is 15.9 Å². The fraction of sp³-hybridized carbons (Fsp3) is 0.312. The Bertz CT molecular complexity index is 808. The summed E-state index contributed by atoms with van der Waals surface area (Å²) in [5, 5.41) is 7.40. The van der Waals surface area contributed by atoms with E-state index in [4.69, 9.17) is 4.52 Å². The molecular weight excluding hydrogens is 358 g/mol. The molecule has 0 saturated carbocycles. The Morgan fingerprint density at radius 3 is 2.96 bits per heavy atom. The van der Waals surface area contributed by atoms with Crippen LogP contribution < -0.4 is 5.32 Å². The van der Waals surface area contributed by atoms with E-state index in [2.05, 4.69) is 40.9 Å². The van der Waals surface area contributed by atoms with Gasteiger partial charge in [0.2, 0.25) is 11.7 Å². The van der Waals surface area contributed by atoms with Gasteiger partial charge >= 0.3 is 0 Å². The zero-order valence-corrected chi connectivity index (χ0v) is 14.1. The Morgan fingerprint density at radius 2 is 2.09 bits per heavy atom. The Kier molecular flexibility index (Phi) is 3.97. The van der Waals surface area contributed by atoms with Gasteiger partial charge in [0.1, 0.15) is 5.82 Å². The van der Waals surface area contributed by atoms with E-state index in [1.165, 1.54) is 5.69 Å². The summed E-state index contributed by atoms with van der Waals surface area (Å²) in [6.07, 6.45) is 3.53.